The van der Waals surface area contributed by atoms with E-state index < -0.39 is 0 Å². The van der Waals surface area contributed by atoms with E-state index in [1.807, 2.05) is 18.3 Å². The molecule has 2 saturated heterocycles. The summed E-state index contributed by atoms with van der Waals surface area (Å²) in [5.74, 6) is 1.30. The van der Waals surface area contributed by atoms with Crippen molar-refractivity contribution in [2.75, 3.05) is 22.9 Å². The first-order valence-corrected chi connectivity index (χ1v) is 14.9. The second-order valence-electron chi connectivity index (χ2n) is 11.5. The third-order valence-electron chi connectivity index (χ3n) is 8.32. The Morgan fingerprint density at radius 3 is 2.30 bits per heavy atom. The molecular formula is C33H36ClN5S. The summed E-state index contributed by atoms with van der Waals surface area (Å²) in [5.41, 5.74) is 7.77. The highest BCUT2D eigenvalue weighted by Crippen LogP contribution is 2.45. The van der Waals surface area contributed by atoms with Gasteiger partial charge in [-0.15, -0.1) is 0 Å². The van der Waals surface area contributed by atoms with Gasteiger partial charge < -0.3 is 19.7 Å². The Balaban J connectivity index is 1.44. The molecule has 2 aromatic heterocycles. The van der Waals surface area contributed by atoms with E-state index in [0.29, 0.717) is 16.9 Å². The summed E-state index contributed by atoms with van der Waals surface area (Å²) in [6.45, 7) is 11.1. The number of aryl methyl sites for hydroxylation is 1. The minimum Gasteiger partial charge on any atom is -0.370 e. The van der Waals surface area contributed by atoms with Gasteiger partial charge in [-0.2, -0.15) is 0 Å². The minimum absolute atomic E-state index is 0.0944. The summed E-state index contributed by atoms with van der Waals surface area (Å²) in [7, 11) is 0. The van der Waals surface area contributed by atoms with Gasteiger partial charge in [0.1, 0.15) is 0 Å². The zero-order valence-electron chi connectivity index (χ0n) is 23.5. The van der Waals surface area contributed by atoms with Gasteiger partial charge >= 0.3 is 0 Å². The highest BCUT2D eigenvalue weighted by atomic mass is 35.5. The zero-order valence-corrected chi connectivity index (χ0v) is 25.1. The van der Waals surface area contributed by atoms with Gasteiger partial charge in [0.05, 0.1) is 28.5 Å². The van der Waals surface area contributed by atoms with Crippen molar-refractivity contribution >= 4 is 40.3 Å². The summed E-state index contributed by atoms with van der Waals surface area (Å²) in [6, 6.07) is 25.1. The number of piperidine rings is 1. The van der Waals surface area contributed by atoms with Crippen LogP contribution in [0.3, 0.4) is 0 Å². The van der Waals surface area contributed by atoms with E-state index in [-0.39, 0.29) is 12.1 Å². The first-order valence-electron chi connectivity index (χ1n) is 14.1. The average Bonchev–Trinajstić information content (AvgIpc) is 3.43. The van der Waals surface area contributed by atoms with Crippen molar-refractivity contribution in [2.45, 2.75) is 46.2 Å². The molecule has 5 nitrogen and oxygen atoms in total. The first kappa shape index (κ1) is 26.9. The molecule has 1 N–H and O–H groups in total. The zero-order chi connectivity index (χ0) is 28.0. The molecule has 7 heteroatoms. The van der Waals surface area contributed by atoms with Crippen LogP contribution in [-0.4, -0.2) is 27.8 Å². The molecule has 4 atom stereocenters. The fraction of sp³-hybridized carbons (Fsp3) is 0.333. The monoisotopic (exact) mass is 569 g/mol. The number of nitrogens with zero attached hydrogens (tertiary/aromatic N) is 4. The molecule has 4 aromatic rings. The van der Waals surface area contributed by atoms with Crippen LogP contribution in [0, 0.1) is 25.7 Å². The highest BCUT2D eigenvalue weighted by Gasteiger charge is 2.42. The average molecular weight is 570 g/mol. The van der Waals surface area contributed by atoms with Gasteiger partial charge in [0.25, 0.3) is 0 Å². The van der Waals surface area contributed by atoms with Gasteiger partial charge in [-0.05, 0) is 98.4 Å². The summed E-state index contributed by atoms with van der Waals surface area (Å²) < 4.78 is 2.32. The lowest BCUT2D eigenvalue weighted by atomic mass is 9.91. The molecule has 2 aliphatic heterocycles. The number of anilines is 2. The van der Waals surface area contributed by atoms with Crippen molar-refractivity contribution in [3.63, 3.8) is 0 Å². The third-order valence-corrected chi connectivity index (χ3v) is 8.94. The minimum atomic E-state index is -0.110. The fourth-order valence-corrected chi connectivity index (χ4v) is 7.41. The molecule has 0 amide bonds. The highest BCUT2D eigenvalue weighted by molar-refractivity contribution is 7.80. The van der Waals surface area contributed by atoms with Gasteiger partial charge in [0.15, 0.2) is 5.11 Å². The van der Waals surface area contributed by atoms with Gasteiger partial charge in [-0.25, -0.2) is 0 Å². The lowest BCUT2D eigenvalue weighted by Crippen LogP contribution is -2.38. The van der Waals surface area contributed by atoms with Crippen LogP contribution in [0.4, 0.5) is 11.4 Å². The Hall–Kier alpha value is -3.35. The van der Waals surface area contributed by atoms with Crippen LogP contribution in [-0.2, 0) is 0 Å². The molecule has 206 valence electrons. The van der Waals surface area contributed by atoms with Crippen LogP contribution in [0.15, 0.2) is 79.0 Å². The number of para-hydroxylation sites is 1. The van der Waals surface area contributed by atoms with Crippen molar-refractivity contribution in [1.82, 2.24) is 14.9 Å². The molecule has 0 unspecified atom stereocenters. The lowest BCUT2D eigenvalue weighted by molar-refractivity contribution is 0.357. The molecule has 0 saturated carbocycles. The number of hydrogen-bond donors (Lipinski definition) is 1. The summed E-state index contributed by atoms with van der Waals surface area (Å²) >= 11 is 13.0. The number of rotatable bonds is 5. The number of pyridine rings is 1. The molecule has 2 fully saturated rings. The molecular weight excluding hydrogens is 534 g/mol. The quantitative estimate of drug-likeness (QED) is 0.248. The summed E-state index contributed by atoms with van der Waals surface area (Å²) in [4.78, 5) is 9.40. The molecule has 0 aliphatic carbocycles. The number of halogens is 1. The number of nitrogens with one attached hydrogen (secondary N) is 1. The standard InChI is InChI=1S/C33H36ClN5S/c1-21-16-22(2)20-37(19-21)30-14-13-26(18-28(30)34)39-32(31(36-33(39)40)29-12-8-9-15-35-29)27-17-23(3)38(24(27)4)25-10-6-5-7-11-25/h5-15,17-18,21-22,31-32H,16,19-20H2,1-4H3,(H,36,40)/t21-,22+,31-,32-/m1/s1. The van der Waals surface area contributed by atoms with Crippen LogP contribution in [0.5, 0.6) is 0 Å². The summed E-state index contributed by atoms with van der Waals surface area (Å²) in [5, 5.41) is 5.04. The van der Waals surface area contributed by atoms with Crippen molar-refractivity contribution in [3.8, 4) is 5.69 Å². The number of thiocarbonyl (C=S) groups is 1. The molecule has 2 aliphatic rings. The predicted octanol–water partition coefficient (Wildman–Crippen LogP) is 7.80. The Kier molecular flexibility index (Phi) is 7.32. The van der Waals surface area contributed by atoms with E-state index in [1.165, 1.54) is 23.4 Å². The predicted molar refractivity (Wildman–Crippen MR) is 170 cm³/mol. The largest absolute Gasteiger partial charge is 0.370 e. The Labute approximate surface area is 247 Å². The molecule has 2 aromatic carbocycles. The van der Waals surface area contributed by atoms with E-state index in [2.05, 4.69) is 108 Å². The van der Waals surface area contributed by atoms with Crippen LogP contribution in [0.1, 0.15) is 55.0 Å². The van der Waals surface area contributed by atoms with Crippen LogP contribution >= 0.6 is 23.8 Å². The maximum atomic E-state index is 7.02. The van der Waals surface area contributed by atoms with Gasteiger partial charge in [0, 0.05) is 42.0 Å². The SMILES string of the molecule is Cc1cc([C@@H]2[C@@H](c3ccccn3)NC(=S)N2c2ccc(N3C[C@H](C)C[C@H](C)C3)c(Cl)c2)c(C)n1-c1ccccc1. The van der Waals surface area contributed by atoms with Gasteiger partial charge in [-0.3, -0.25) is 4.98 Å². The Morgan fingerprint density at radius 1 is 0.900 bits per heavy atom. The Bertz CT molecular complexity index is 1510. The maximum Gasteiger partial charge on any atom is 0.174 e. The number of hydrogen-bond acceptors (Lipinski definition) is 3. The van der Waals surface area contributed by atoms with Crippen LogP contribution < -0.4 is 15.1 Å². The molecule has 6 rings (SSSR count). The van der Waals surface area contributed by atoms with E-state index in [4.69, 9.17) is 28.8 Å². The maximum absolute atomic E-state index is 7.02. The van der Waals surface area contributed by atoms with E-state index in [9.17, 15) is 0 Å². The van der Waals surface area contributed by atoms with E-state index >= 15 is 0 Å². The van der Waals surface area contributed by atoms with Crippen LogP contribution in [0.25, 0.3) is 5.69 Å². The van der Waals surface area contributed by atoms with Crippen molar-refractivity contribution in [3.05, 3.63) is 107 Å². The second-order valence-corrected chi connectivity index (χ2v) is 12.3. The molecule has 0 radical (unpaired) electrons. The third kappa shape index (κ3) is 4.88. The van der Waals surface area contributed by atoms with Gasteiger partial charge in [0.2, 0.25) is 0 Å². The van der Waals surface area contributed by atoms with Crippen molar-refractivity contribution < 1.29 is 0 Å². The van der Waals surface area contributed by atoms with E-state index in [0.717, 1.165) is 40.9 Å². The Morgan fingerprint density at radius 2 is 1.62 bits per heavy atom. The van der Waals surface area contributed by atoms with Crippen LogP contribution in [0.2, 0.25) is 5.02 Å². The molecule has 0 spiro atoms. The molecule has 0 bridgehead atoms. The topological polar surface area (TPSA) is 36.3 Å². The van der Waals surface area contributed by atoms with E-state index in [1.54, 1.807) is 0 Å². The number of benzene rings is 2. The smallest absolute Gasteiger partial charge is 0.174 e. The number of aromatic nitrogens is 2. The molecule has 4 heterocycles. The van der Waals surface area contributed by atoms with Crippen molar-refractivity contribution in [2.24, 2.45) is 11.8 Å². The second kappa shape index (κ2) is 10.9. The fourth-order valence-electron chi connectivity index (χ4n) is 6.77. The first-order chi connectivity index (χ1) is 19.3. The summed E-state index contributed by atoms with van der Waals surface area (Å²) in [6.07, 6.45) is 3.11. The molecule has 40 heavy (non-hydrogen) atoms. The lowest BCUT2D eigenvalue weighted by Gasteiger charge is -2.37. The normalized spacial score (nSPS) is 23.0. The van der Waals surface area contributed by atoms with Crippen molar-refractivity contribution in [1.29, 1.82) is 0 Å². The van der Waals surface area contributed by atoms with Gasteiger partial charge in [-0.1, -0.05) is 49.7 Å².